The average molecular weight is 164 g/mol. The fourth-order valence-corrected chi connectivity index (χ4v) is 0.578. The van der Waals surface area contributed by atoms with Crippen molar-refractivity contribution in [1.82, 2.24) is 0 Å². The molecule has 5 nitrogen and oxygen atoms in total. The van der Waals surface area contributed by atoms with Crippen LogP contribution < -0.4 is 0 Å². The van der Waals surface area contributed by atoms with E-state index in [4.69, 9.17) is 10.2 Å². The summed E-state index contributed by atoms with van der Waals surface area (Å²) in [6, 6.07) is 0. The van der Waals surface area contributed by atoms with Crippen molar-refractivity contribution in [2.45, 2.75) is 5.60 Å². The van der Waals surface area contributed by atoms with Crippen LogP contribution in [0.4, 0.5) is 0 Å². The van der Waals surface area contributed by atoms with Crippen LogP contribution in [0.1, 0.15) is 0 Å². The van der Waals surface area contributed by atoms with Gasteiger partial charge in [0.15, 0.2) is 0 Å². The molecular weight excluding hydrogens is 152 g/mol. The summed E-state index contributed by atoms with van der Waals surface area (Å²) in [5.74, 6) is -0.787. The van der Waals surface area contributed by atoms with Crippen LogP contribution in [-0.4, -0.2) is 49.2 Å². The molecule has 0 saturated heterocycles. The van der Waals surface area contributed by atoms with E-state index in [9.17, 15) is 4.79 Å². The predicted molar refractivity (Wildman–Crippen MR) is 35.9 cm³/mol. The van der Waals surface area contributed by atoms with Crippen LogP contribution in [0.25, 0.3) is 0 Å². The lowest BCUT2D eigenvalue weighted by Gasteiger charge is -2.24. The molecule has 0 rings (SSSR count). The number of hydrogen-bond donors (Lipinski definition) is 2. The van der Waals surface area contributed by atoms with Gasteiger partial charge in [0.05, 0.1) is 20.3 Å². The summed E-state index contributed by atoms with van der Waals surface area (Å²) >= 11 is 0. The molecule has 5 heteroatoms. The van der Waals surface area contributed by atoms with E-state index in [-0.39, 0.29) is 0 Å². The highest BCUT2D eigenvalue weighted by atomic mass is 16.6. The fraction of sp³-hybridized carbons (Fsp3) is 0.833. The molecule has 0 amide bonds. The molecule has 0 unspecified atom stereocenters. The van der Waals surface area contributed by atoms with E-state index < -0.39 is 24.8 Å². The zero-order valence-corrected chi connectivity index (χ0v) is 6.53. The Kier molecular flexibility index (Phi) is 4.02. The molecule has 0 atom stereocenters. The van der Waals surface area contributed by atoms with Gasteiger partial charge in [-0.05, 0) is 0 Å². The monoisotopic (exact) mass is 164 g/mol. The normalized spacial score (nSPS) is 11.3. The summed E-state index contributed by atoms with van der Waals surface area (Å²) < 4.78 is 8.92. The molecule has 0 aromatic heterocycles. The van der Waals surface area contributed by atoms with E-state index >= 15 is 0 Å². The van der Waals surface area contributed by atoms with Gasteiger partial charge in [-0.3, -0.25) is 0 Å². The van der Waals surface area contributed by atoms with Crippen LogP contribution in [-0.2, 0) is 14.3 Å². The molecule has 0 radical (unpaired) electrons. The van der Waals surface area contributed by atoms with E-state index in [1.807, 2.05) is 0 Å². The lowest BCUT2D eigenvalue weighted by atomic mass is 10.1. The Balaban J connectivity index is 4.39. The Morgan fingerprint density at radius 1 is 1.36 bits per heavy atom. The summed E-state index contributed by atoms with van der Waals surface area (Å²) in [5, 5.41) is 17.4. The number of aliphatic hydroxyl groups excluding tert-OH is 2. The maximum atomic E-state index is 10.9. The van der Waals surface area contributed by atoms with Gasteiger partial charge in [0.1, 0.15) is 0 Å². The second-order valence-corrected chi connectivity index (χ2v) is 2.01. The molecule has 0 aromatic rings. The number of esters is 1. The summed E-state index contributed by atoms with van der Waals surface area (Å²) in [7, 11) is 2.37. The van der Waals surface area contributed by atoms with Crippen molar-refractivity contribution in [2.24, 2.45) is 0 Å². The first-order valence-electron chi connectivity index (χ1n) is 3.02. The van der Waals surface area contributed by atoms with Crippen molar-refractivity contribution in [3.8, 4) is 0 Å². The van der Waals surface area contributed by atoms with E-state index in [0.29, 0.717) is 0 Å². The lowest BCUT2D eigenvalue weighted by Crippen LogP contribution is -2.48. The summed E-state index contributed by atoms with van der Waals surface area (Å²) in [4.78, 5) is 10.9. The third-order valence-electron chi connectivity index (χ3n) is 1.46. The number of hydrogen-bond acceptors (Lipinski definition) is 5. The van der Waals surface area contributed by atoms with Crippen LogP contribution in [0.15, 0.2) is 0 Å². The third-order valence-corrected chi connectivity index (χ3v) is 1.46. The van der Waals surface area contributed by atoms with Crippen molar-refractivity contribution in [1.29, 1.82) is 0 Å². The smallest absolute Gasteiger partial charge is 0.343 e. The molecule has 0 aliphatic carbocycles. The van der Waals surface area contributed by atoms with Crippen LogP contribution in [0.2, 0.25) is 0 Å². The SMILES string of the molecule is COC(=O)C(CO)(CO)OC. The molecule has 0 saturated carbocycles. The number of carbonyl (C=O) groups is 1. The Morgan fingerprint density at radius 2 is 1.82 bits per heavy atom. The number of carbonyl (C=O) groups excluding carboxylic acids is 1. The maximum Gasteiger partial charge on any atom is 0.343 e. The number of methoxy groups -OCH3 is 2. The zero-order chi connectivity index (χ0) is 8.91. The van der Waals surface area contributed by atoms with Crippen molar-refractivity contribution in [3.05, 3.63) is 0 Å². The molecule has 0 spiro atoms. The van der Waals surface area contributed by atoms with Gasteiger partial charge in [0.2, 0.25) is 5.60 Å². The Hall–Kier alpha value is -0.650. The van der Waals surface area contributed by atoms with Gasteiger partial charge < -0.3 is 19.7 Å². The first kappa shape index (κ1) is 10.3. The first-order chi connectivity index (χ1) is 5.16. The highest BCUT2D eigenvalue weighted by Gasteiger charge is 2.38. The van der Waals surface area contributed by atoms with Crippen molar-refractivity contribution in [3.63, 3.8) is 0 Å². The Morgan fingerprint density at radius 3 is 1.91 bits per heavy atom. The number of aliphatic hydroxyl groups is 2. The van der Waals surface area contributed by atoms with E-state index in [1.165, 1.54) is 7.11 Å². The molecule has 66 valence electrons. The Labute approximate surface area is 64.5 Å². The van der Waals surface area contributed by atoms with Crippen molar-refractivity contribution in [2.75, 3.05) is 27.4 Å². The zero-order valence-electron chi connectivity index (χ0n) is 6.53. The number of ether oxygens (including phenoxy) is 2. The minimum atomic E-state index is -1.62. The third kappa shape index (κ3) is 1.89. The summed E-state index contributed by atoms with van der Waals surface area (Å²) in [6.07, 6.45) is 0. The molecule has 0 aliphatic rings. The minimum absolute atomic E-state index is 0.604. The molecule has 0 fully saturated rings. The molecule has 11 heavy (non-hydrogen) atoms. The van der Waals surface area contributed by atoms with Crippen molar-refractivity contribution < 1.29 is 24.5 Å². The lowest BCUT2D eigenvalue weighted by molar-refractivity contribution is -0.176. The standard InChI is InChI=1S/C6H12O5/c1-10-5(9)6(3-7,4-8)11-2/h7-8H,3-4H2,1-2H3. The van der Waals surface area contributed by atoms with Gasteiger partial charge in [-0.1, -0.05) is 0 Å². The van der Waals surface area contributed by atoms with E-state index in [2.05, 4.69) is 9.47 Å². The molecule has 0 heterocycles. The van der Waals surface area contributed by atoms with Gasteiger partial charge in [-0.2, -0.15) is 0 Å². The number of rotatable bonds is 4. The summed E-state index contributed by atoms with van der Waals surface area (Å²) in [6.45, 7) is -1.21. The largest absolute Gasteiger partial charge is 0.467 e. The van der Waals surface area contributed by atoms with E-state index in [1.54, 1.807) is 0 Å². The van der Waals surface area contributed by atoms with Crippen LogP contribution in [0.5, 0.6) is 0 Å². The van der Waals surface area contributed by atoms with Crippen molar-refractivity contribution >= 4 is 5.97 Å². The first-order valence-corrected chi connectivity index (χ1v) is 3.02. The highest BCUT2D eigenvalue weighted by molar-refractivity contribution is 5.79. The summed E-state index contributed by atoms with van der Waals surface area (Å²) in [5.41, 5.74) is -1.62. The topological polar surface area (TPSA) is 76.0 Å². The maximum absolute atomic E-state index is 10.9. The van der Waals surface area contributed by atoms with E-state index in [0.717, 1.165) is 7.11 Å². The van der Waals surface area contributed by atoms with Gasteiger partial charge in [0.25, 0.3) is 0 Å². The van der Waals surface area contributed by atoms with Gasteiger partial charge in [-0.25, -0.2) is 4.79 Å². The molecule has 0 aliphatic heterocycles. The minimum Gasteiger partial charge on any atom is -0.467 e. The average Bonchev–Trinajstić information content (AvgIpc) is 2.08. The second kappa shape index (κ2) is 4.27. The Bertz CT molecular complexity index is 121. The molecule has 0 bridgehead atoms. The van der Waals surface area contributed by atoms with Gasteiger partial charge >= 0.3 is 5.97 Å². The van der Waals surface area contributed by atoms with Gasteiger partial charge in [-0.15, -0.1) is 0 Å². The van der Waals surface area contributed by atoms with Crippen LogP contribution in [0.3, 0.4) is 0 Å². The molecule has 2 N–H and O–H groups in total. The second-order valence-electron chi connectivity index (χ2n) is 2.01. The molecular formula is C6H12O5. The molecule has 0 aromatic carbocycles. The fourth-order valence-electron chi connectivity index (χ4n) is 0.578. The predicted octanol–water partition coefficient (Wildman–Crippen LogP) is -1.47. The van der Waals surface area contributed by atoms with Crippen LogP contribution in [0, 0.1) is 0 Å². The highest BCUT2D eigenvalue weighted by Crippen LogP contribution is 2.09. The van der Waals surface area contributed by atoms with Gasteiger partial charge in [0, 0.05) is 7.11 Å². The van der Waals surface area contributed by atoms with Crippen LogP contribution >= 0.6 is 0 Å². The quantitative estimate of drug-likeness (QED) is 0.496.